The Hall–Kier alpha value is -3.35. The van der Waals surface area contributed by atoms with E-state index in [9.17, 15) is 22.8 Å². The number of imide groups is 1. The highest BCUT2D eigenvalue weighted by molar-refractivity contribution is 7.91. The summed E-state index contributed by atoms with van der Waals surface area (Å²) in [4.78, 5) is 41.8. The summed E-state index contributed by atoms with van der Waals surface area (Å²) in [7, 11) is -3.21. The minimum absolute atomic E-state index is 0.0262. The second kappa shape index (κ2) is 8.78. The van der Waals surface area contributed by atoms with Crippen molar-refractivity contribution in [2.45, 2.75) is 38.8 Å². The summed E-state index contributed by atoms with van der Waals surface area (Å²) < 4.78 is 25.4. The summed E-state index contributed by atoms with van der Waals surface area (Å²) in [5.41, 5.74) is -0.276. The molecule has 0 aliphatic carbocycles. The predicted molar refractivity (Wildman–Crippen MR) is 120 cm³/mol. The number of carbonyl (C=O) groups excluding carboxylic acids is 3. The van der Waals surface area contributed by atoms with E-state index in [4.69, 9.17) is 0 Å². The maximum absolute atomic E-state index is 13.4. The zero-order valence-electron chi connectivity index (χ0n) is 19.2. The number of aromatic nitrogens is 4. The summed E-state index contributed by atoms with van der Waals surface area (Å²) in [6, 6.07) is 5.72. The average Bonchev–Trinajstić information content (AvgIpc) is 3.48. The second-order valence-corrected chi connectivity index (χ2v) is 11.5. The first-order valence-electron chi connectivity index (χ1n) is 11.0. The maximum atomic E-state index is 13.4. The fourth-order valence-corrected chi connectivity index (χ4v) is 6.10. The molecule has 1 aromatic heterocycles. The van der Waals surface area contributed by atoms with Gasteiger partial charge in [-0.1, -0.05) is 26.0 Å². The number of amides is 4. The van der Waals surface area contributed by atoms with E-state index < -0.39 is 45.8 Å². The third kappa shape index (κ3) is 4.52. The van der Waals surface area contributed by atoms with Crippen molar-refractivity contribution >= 4 is 27.7 Å². The number of carbonyl (C=O) groups is 3. The van der Waals surface area contributed by atoms with E-state index in [1.165, 1.54) is 15.9 Å². The summed E-state index contributed by atoms with van der Waals surface area (Å²) in [5.74, 6) is -1.00. The van der Waals surface area contributed by atoms with Crippen molar-refractivity contribution in [3.8, 4) is 5.69 Å². The van der Waals surface area contributed by atoms with Crippen LogP contribution in [0.15, 0.2) is 30.6 Å². The minimum Gasteiger partial charge on any atom is -0.337 e. The van der Waals surface area contributed by atoms with Gasteiger partial charge in [-0.05, 0) is 47.4 Å². The molecule has 1 aromatic carbocycles. The largest absolute Gasteiger partial charge is 0.337 e. The molecule has 2 aliphatic rings. The Morgan fingerprint density at radius 1 is 1.32 bits per heavy atom. The lowest BCUT2D eigenvalue weighted by Gasteiger charge is -2.31. The highest BCUT2D eigenvalue weighted by Crippen LogP contribution is 2.30. The van der Waals surface area contributed by atoms with Crippen LogP contribution in [0, 0.1) is 5.92 Å². The Bertz CT molecular complexity index is 1210. The van der Waals surface area contributed by atoms with Gasteiger partial charge in [0.1, 0.15) is 18.4 Å². The van der Waals surface area contributed by atoms with Crippen LogP contribution in [0.2, 0.25) is 0 Å². The van der Waals surface area contributed by atoms with Gasteiger partial charge >= 0.3 is 6.03 Å². The van der Waals surface area contributed by atoms with E-state index in [0.29, 0.717) is 24.2 Å². The molecule has 0 saturated carbocycles. The van der Waals surface area contributed by atoms with Gasteiger partial charge in [-0.15, -0.1) is 5.10 Å². The molecule has 3 heterocycles. The molecule has 2 aliphatic heterocycles. The first-order valence-corrected chi connectivity index (χ1v) is 12.8. The molecule has 2 aromatic rings. The van der Waals surface area contributed by atoms with Crippen LogP contribution in [-0.4, -0.2) is 86.9 Å². The highest BCUT2D eigenvalue weighted by atomic mass is 32.2. The molecule has 13 heteroatoms. The number of nitrogens with one attached hydrogen (secondary N) is 1. The van der Waals surface area contributed by atoms with Crippen molar-refractivity contribution < 1.29 is 22.8 Å². The van der Waals surface area contributed by atoms with Gasteiger partial charge in [-0.25, -0.2) is 17.9 Å². The molecular formula is C21H27N7O5S. The number of nitrogens with zero attached hydrogens (tertiary/aromatic N) is 6. The Morgan fingerprint density at radius 2 is 2.09 bits per heavy atom. The Kier molecular flexibility index (Phi) is 6.14. The van der Waals surface area contributed by atoms with Crippen LogP contribution in [0.4, 0.5) is 4.79 Å². The van der Waals surface area contributed by atoms with Crippen molar-refractivity contribution in [2.24, 2.45) is 5.92 Å². The van der Waals surface area contributed by atoms with Gasteiger partial charge in [0.05, 0.1) is 17.2 Å². The van der Waals surface area contributed by atoms with Gasteiger partial charge in [-0.2, -0.15) is 0 Å². The number of rotatable bonds is 7. The van der Waals surface area contributed by atoms with Gasteiger partial charge in [-0.3, -0.25) is 14.5 Å². The molecule has 2 unspecified atom stereocenters. The number of hydrogen-bond acceptors (Lipinski definition) is 8. The number of urea groups is 1. The molecule has 2 fully saturated rings. The van der Waals surface area contributed by atoms with Crippen LogP contribution in [0.25, 0.3) is 5.69 Å². The fourth-order valence-electron chi connectivity index (χ4n) is 4.37. The number of benzene rings is 1. The van der Waals surface area contributed by atoms with Gasteiger partial charge < -0.3 is 10.2 Å². The predicted octanol–water partition coefficient (Wildman–Crippen LogP) is 0.101. The molecule has 4 rings (SSSR count). The van der Waals surface area contributed by atoms with E-state index in [-0.39, 0.29) is 17.4 Å². The monoisotopic (exact) mass is 489 g/mol. The Morgan fingerprint density at radius 3 is 2.71 bits per heavy atom. The molecule has 2 saturated heterocycles. The standard InChI is InChI=1S/C21H27N7O5S/c1-14(2)10-26(17-7-8-34(32,33)12-17)18(29)11-27-19(30)21(3,23-20(27)31)15-5-4-6-16(9-15)28-13-22-24-25-28/h4-6,9,13-14,17H,7-8,10-12H2,1-3H3,(H,23,31). The minimum atomic E-state index is -3.21. The van der Waals surface area contributed by atoms with E-state index >= 15 is 0 Å². The van der Waals surface area contributed by atoms with Crippen molar-refractivity contribution in [1.82, 2.24) is 35.3 Å². The molecule has 12 nitrogen and oxygen atoms in total. The number of tetrazole rings is 1. The van der Waals surface area contributed by atoms with Crippen LogP contribution < -0.4 is 5.32 Å². The molecular weight excluding hydrogens is 462 g/mol. The van der Waals surface area contributed by atoms with Crippen LogP contribution >= 0.6 is 0 Å². The second-order valence-electron chi connectivity index (χ2n) is 9.25. The summed E-state index contributed by atoms with van der Waals surface area (Å²) in [5, 5.41) is 13.7. The van der Waals surface area contributed by atoms with Gasteiger partial charge in [0.15, 0.2) is 9.84 Å². The lowest BCUT2D eigenvalue weighted by Crippen LogP contribution is -2.49. The van der Waals surface area contributed by atoms with Crippen LogP contribution in [-0.2, 0) is 25.0 Å². The molecule has 0 radical (unpaired) electrons. The Balaban J connectivity index is 1.55. The van der Waals surface area contributed by atoms with Gasteiger partial charge in [0, 0.05) is 12.6 Å². The molecule has 0 spiro atoms. The Labute approximate surface area is 197 Å². The third-order valence-corrected chi connectivity index (χ3v) is 7.89. The molecule has 182 valence electrons. The first kappa shape index (κ1) is 23.8. The summed E-state index contributed by atoms with van der Waals surface area (Å²) in [6.45, 7) is 5.30. The summed E-state index contributed by atoms with van der Waals surface area (Å²) >= 11 is 0. The van der Waals surface area contributed by atoms with E-state index in [0.717, 1.165) is 4.90 Å². The normalized spacial score (nSPS) is 24.0. The van der Waals surface area contributed by atoms with Crippen LogP contribution in [0.5, 0.6) is 0 Å². The van der Waals surface area contributed by atoms with Crippen LogP contribution in [0.1, 0.15) is 32.8 Å². The van der Waals surface area contributed by atoms with Crippen molar-refractivity contribution in [3.63, 3.8) is 0 Å². The van der Waals surface area contributed by atoms with E-state index in [2.05, 4.69) is 20.8 Å². The van der Waals surface area contributed by atoms with Crippen LogP contribution in [0.3, 0.4) is 0 Å². The lowest BCUT2D eigenvalue weighted by molar-refractivity contribution is -0.140. The SMILES string of the molecule is CC(C)CN(C(=O)CN1C(=O)NC(C)(c2cccc(-n3cnnn3)c2)C1=O)C1CCS(=O)(=O)C1. The molecule has 2 atom stereocenters. The van der Waals surface area contributed by atoms with Gasteiger partial charge in [0.25, 0.3) is 5.91 Å². The zero-order chi connectivity index (χ0) is 24.7. The third-order valence-electron chi connectivity index (χ3n) is 6.14. The maximum Gasteiger partial charge on any atom is 0.325 e. The molecule has 0 bridgehead atoms. The average molecular weight is 490 g/mol. The topological polar surface area (TPSA) is 147 Å². The molecule has 4 amide bonds. The van der Waals surface area contributed by atoms with Crippen molar-refractivity contribution in [1.29, 1.82) is 0 Å². The van der Waals surface area contributed by atoms with Gasteiger partial charge in [0.2, 0.25) is 5.91 Å². The number of hydrogen-bond donors (Lipinski definition) is 1. The quantitative estimate of drug-likeness (QED) is 0.539. The highest BCUT2D eigenvalue weighted by Gasteiger charge is 2.50. The lowest BCUT2D eigenvalue weighted by atomic mass is 9.91. The van der Waals surface area contributed by atoms with Crippen molar-refractivity contribution in [2.75, 3.05) is 24.6 Å². The number of sulfone groups is 1. The zero-order valence-corrected chi connectivity index (χ0v) is 20.0. The van der Waals surface area contributed by atoms with E-state index in [1.807, 2.05) is 13.8 Å². The molecule has 34 heavy (non-hydrogen) atoms. The fraction of sp³-hybridized carbons (Fsp3) is 0.524. The van der Waals surface area contributed by atoms with E-state index in [1.54, 1.807) is 31.2 Å². The smallest absolute Gasteiger partial charge is 0.325 e. The summed E-state index contributed by atoms with van der Waals surface area (Å²) in [6.07, 6.45) is 1.76. The van der Waals surface area contributed by atoms with Crippen molar-refractivity contribution in [3.05, 3.63) is 36.2 Å². The molecule has 1 N–H and O–H groups in total. The first-order chi connectivity index (χ1) is 16.0.